The number of benzene rings is 3. The summed E-state index contributed by atoms with van der Waals surface area (Å²) >= 11 is 0. The molecule has 0 aliphatic heterocycles. The molecule has 1 N–H and O–H groups in total. The molecule has 0 bridgehead atoms. The molecule has 3 aromatic carbocycles. The molecule has 5 nitrogen and oxygen atoms in total. The first-order chi connectivity index (χ1) is 13.1. The molecule has 0 aliphatic rings. The van der Waals surface area contributed by atoms with E-state index in [0.717, 1.165) is 21.9 Å². The first-order valence-electron chi connectivity index (χ1n) is 8.56. The number of nitrogens with one attached hydrogen (secondary N) is 1. The van der Waals surface area contributed by atoms with Crippen molar-refractivity contribution in [3.8, 4) is 11.5 Å². The molecule has 4 rings (SSSR count). The molecule has 0 fully saturated rings. The van der Waals surface area contributed by atoms with Crippen LogP contribution in [0.1, 0.15) is 15.9 Å². The van der Waals surface area contributed by atoms with Crippen LogP contribution in [-0.4, -0.2) is 20.1 Å². The molecule has 4 aromatic rings. The van der Waals surface area contributed by atoms with Crippen molar-refractivity contribution in [2.45, 2.75) is 6.92 Å². The Bertz CT molecular complexity index is 1160. The maximum atomic E-state index is 12.7. The molecular formula is C22H19NO4. The van der Waals surface area contributed by atoms with Gasteiger partial charge in [0.05, 0.1) is 19.9 Å². The van der Waals surface area contributed by atoms with Gasteiger partial charge in [0.2, 0.25) is 0 Å². The van der Waals surface area contributed by atoms with E-state index in [2.05, 4.69) is 5.32 Å². The van der Waals surface area contributed by atoms with Gasteiger partial charge in [0.1, 0.15) is 22.7 Å². The molecule has 136 valence electrons. The number of hydrogen-bond donors (Lipinski definition) is 1. The lowest BCUT2D eigenvalue weighted by Gasteiger charge is -2.11. The number of hydrogen-bond acceptors (Lipinski definition) is 4. The van der Waals surface area contributed by atoms with Gasteiger partial charge in [0, 0.05) is 22.4 Å². The van der Waals surface area contributed by atoms with Crippen molar-refractivity contribution in [1.29, 1.82) is 0 Å². The molecule has 0 aliphatic carbocycles. The molecule has 27 heavy (non-hydrogen) atoms. The fraction of sp³-hybridized carbons (Fsp3) is 0.136. The molecule has 0 saturated carbocycles. The van der Waals surface area contributed by atoms with Gasteiger partial charge in [-0.3, -0.25) is 4.79 Å². The number of carbonyl (C=O) groups excluding carboxylic acids is 1. The smallest absolute Gasteiger partial charge is 0.255 e. The fourth-order valence-electron chi connectivity index (χ4n) is 3.17. The first kappa shape index (κ1) is 17.0. The summed E-state index contributed by atoms with van der Waals surface area (Å²) in [7, 11) is 3.16. The normalized spacial score (nSPS) is 10.9. The standard InChI is InChI=1S/C22H19NO4/c1-13-8-9-14(10-19(13)25-2)22(24)23-17-12-20-16(11-21(17)26-3)15-6-4-5-7-18(15)27-20/h4-12H,1-3H3,(H,23,24). The van der Waals surface area contributed by atoms with E-state index in [1.54, 1.807) is 32.4 Å². The number of methoxy groups -OCH3 is 2. The maximum Gasteiger partial charge on any atom is 0.255 e. The summed E-state index contributed by atoms with van der Waals surface area (Å²) in [5, 5.41) is 4.85. The van der Waals surface area contributed by atoms with Crippen LogP contribution in [0.2, 0.25) is 0 Å². The lowest BCUT2D eigenvalue weighted by Crippen LogP contribution is -2.13. The van der Waals surface area contributed by atoms with Gasteiger partial charge in [-0.25, -0.2) is 0 Å². The number of amides is 1. The van der Waals surface area contributed by atoms with E-state index in [0.29, 0.717) is 28.3 Å². The van der Waals surface area contributed by atoms with Crippen LogP contribution in [0.3, 0.4) is 0 Å². The van der Waals surface area contributed by atoms with Crippen LogP contribution in [0, 0.1) is 6.92 Å². The summed E-state index contributed by atoms with van der Waals surface area (Å²) in [5.41, 5.74) is 3.50. The average Bonchev–Trinajstić information content (AvgIpc) is 3.05. The van der Waals surface area contributed by atoms with Crippen LogP contribution < -0.4 is 14.8 Å². The SMILES string of the molecule is COc1cc(C(=O)Nc2cc3oc4ccccc4c3cc2OC)ccc1C. The van der Waals surface area contributed by atoms with Crippen molar-refractivity contribution < 1.29 is 18.7 Å². The van der Waals surface area contributed by atoms with Crippen molar-refractivity contribution in [1.82, 2.24) is 0 Å². The number of carbonyl (C=O) groups is 1. The second-order valence-corrected chi connectivity index (χ2v) is 6.29. The van der Waals surface area contributed by atoms with Crippen molar-refractivity contribution in [3.05, 3.63) is 65.7 Å². The number of fused-ring (bicyclic) bond motifs is 3. The highest BCUT2D eigenvalue weighted by Gasteiger charge is 2.15. The molecule has 1 heterocycles. The van der Waals surface area contributed by atoms with E-state index >= 15 is 0 Å². The molecular weight excluding hydrogens is 342 g/mol. The van der Waals surface area contributed by atoms with E-state index < -0.39 is 0 Å². The average molecular weight is 361 g/mol. The summed E-state index contributed by atoms with van der Waals surface area (Å²) in [6, 6.07) is 16.8. The van der Waals surface area contributed by atoms with Crippen molar-refractivity contribution >= 4 is 33.5 Å². The number of para-hydroxylation sites is 1. The predicted molar refractivity (Wildman–Crippen MR) is 106 cm³/mol. The van der Waals surface area contributed by atoms with Gasteiger partial charge in [-0.1, -0.05) is 24.3 Å². The zero-order chi connectivity index (χ0) is 19.0. The predicted octanol–water partition coefficient (Wildman–Crippen LogP) is 5.16. The maximum absolute atomic E-state index is 12.7. The molecule has 5 heteroatoms. The first-order valence-corrected chi connectivity index (χ1v) is 8.56. The molecule has 0 spiro atoms. The molecule has 1 aromatic heterocycles. The zero-order valence-corrected chi connectivity index (χ0v) is 15.3. The third-order valence-corrected chi connectivity index (χ3v) is 4.62. The van der Waals surface area contributed by atoms with Gasteiger partial charge < -0.3 is 19.2 Å². The van der Waals surface area contributed by atoms with Crippen LogP contribution in [0.15, 0.2) is 59.0 Å². The number of furan rings is 1. The Hall–Kier alpha value is -3.47. The quantitative estimate of drug-likeness (QED) is 0.545. The van der Waals surface area contributed by atoms with Gasteiger partial charge in [-0.05, 0) is 36.8 Å². The Morgan fingerprint density at radius 2 is 1.67 bits per heavy atom. The van der Waals surface area contributed by atoms with Crippen LogP contribution >= 0.6 is 0 Å². The minimum atomic E-state index is -0.248. The Balaban J connectivity index is 1.74. The second-order valence-electron chi connectivity index (χ2n) is 6.29. The number of anilines is 1. The number of ether oxygens (including phenoxy) is 2. The zero-order valence-electron chi connectivity index (χ0n) is 15.3. The van der Waals surface area contributed by atoms with Crippen LogP contribution in [0.25, 0.3) is 21.9 Å². The van der Waals surface area contributed by atoms with Crippen molar-refractivity contribution in [3.63, 3.8) is 0 Å². The van der Waals surface area contributed by atoms with Crippen LogP contribution in [-0.2, 0) is 0 Å². The number of rotatable bonds is 4. The van der Waals surface area contributed by atoms with Crippen molar-refractivity contribution in [2.24, 2.45) is 0 Å². The summed E-state index contributed by atoms with van der Waals surface area (Å²) in [6.07, 6.45) is 0. The van der Waals surface area contributed by atoms with E-state index in [4.69, 9.17) is 13.9 Å². The molecule has 0 saturated heterocycles. The highest BCUT2D eigenvalue weighted by atomic mass is 16.5. The Morgan fingerprint density at radius 3 is 2.44 bits per heavy atom. The summed E-state index contributed by atoms with van der Waals surface area (Å²) in [6.45, 7) is 1.93. The minimum Gasteiger partial charge on any atom is -0.496 e. The van der Waals surface area contributed by atoms with Crippen LogP contribution in [0.4, 0.5) is 5.69 Å². The highest BCUT2D eigenvalue weighted by molar-refractivity contribution is 6.10. The summed E-state index contributed by atoms with van der Waals surface area (Å²) in [5.74, 6) is 0.992. The Labute approximate surface area is 156 Å². The highest BCUT2D eigenvalue weighted by Crippen LogP contribution is 2.36. The monoisotopic (exact) mass is 361 g/mol. The number of aryl methyl sites for hydroxylation is 1. The van der Waals surface area contributed by atoms with Gasteiger partial charge in [0.15, 0.2) is 0 Å². The second kappa shape index (κ2) is 6.68. The van der Waals surface area contributed by atoms with Crippen molar-refractivity contribution in [2.75, 3.05) is 19.5 Å². The lowest BCUT2D eigenvalue weighted by molar-refractivity contribution is 0.102. The van der Waals surface area contributed by atoms with Gasteiger partial charge in [0.25, 0.3) is 5.91 Å². The van der Waals surface area contributed by atoms with Gasteiger partial charge in [-0.2, -0.15) is 0 Å². The molecule has 0 atom stereocenters. The van der Waals surface area contributed by atoms with E-state index in [9.17, 15) is 4.79 Å². The van der Waals surface area contributed by atoms with Crippen LogP contribution in [0.5, 0.6) is 11.5 Å². The Kier molecular flexibility index (Phi) is 4.20. The topological polar surface area (TPSA) is 60.7 Å². The Morgan fingerprint density at radius 1 is 0.889 bits per heavy atom. The largest absolute Gasteiger partial charge is 0.496 e. The van der Waals surface area contributed by atoms with Gasteiger partial charge >= 0.3 is 0 Å². The minimum absolute atomic E-state index is 0.248. The van der Waals surface area contributed by atoms with Gasteiger partial charge in [-0.15, -0.1) is 0 Å². The summed E-state index contributed by atoms with van der Waals surface area (Å²) < 4.78 is 16.7. The fourth-order valence-corrected chi connectivity index (χ4v) is 3.17. The third-order valence-electron chi connectivity index (χ3n) is 4.62. The third kappa shape index (κ3) is 2.97. The summed E-state index contributed by atoms with van der Waals surface area (Å²) in [4.78, 5) is 12.7. The van der Waals surface area contributed by atoms with E-state index in [1.807, 2.05) is 43.3 Å². The van der Waals surface area contributed by atoms with E-state index in [-0.39, 0.29) is 5.91 Å². The molecule has 1 amide bonds. The van der Waals surface area contributed by atoms with E-state index in [1.165, 1.54) is 0 Å². The molecule has 0 unspecified atom stereocenters. The molecule has 0 radical (unpaired) electrons. The lowest BCUT2D eigenvalue weighted by atomic mass is 10.1.